The third kappa shape index (κ3) is 4.61. The standard InChI is InChI=1S/C11H22N2O3/c1-5-6-7(10(15)16)13-9(14)8(12)11(2,3)4/h7-8H,5-6,12H2,1-4H3,(H,13,14)(H,15,16)/t7-,8-/m1/s1. The zero-order valence-electron chi connectivity index (χ0n) is 10.4. The van der Waals surface area contributed by atoms with Crippen LogP contribution in [-0.4, -0.2) is 29.1 Å². The minimum Gasteiger partial charge on any atom is -0.480 e. The van der Waals surface area contributed by atoms with Crippen LogP contribution in [0.1, 0.15) is 40.5 Å². The zero-order chi connectivity index (χ0) is 12.9. The molecular weight excluding hydrogens is 208 g/mol. The van der Waals surface area contributed by atoms with E-state index in [1.165, 1.54) is 0 Å². The predicted octanol–water partition coefficient (Wildman–Crippen LogP) is 0.729. The summed E-state index contributed by atoms with van der Waals surface area (Å²) in [5.41, 5.74) is 5.36. The first-order chi connectivity index (χ1) is 7.20. The fourth-order valence-corrected chi connectivity index (χ4v) is 1.20. The molecule has 0 saturated heterocycles. The molecule has 94 valence electrons. The third-order valence-electron chi connectivity index (χ3n) is 2.41. The van der Waals surface area contributed by atoms with Crippen LogP contribution in [0.3, 0.4) is 0 Å². The van der Waals surface area contributed by atoms with Gasteiger partial charge in [0.25, 0.3) is 0 Å². The molecular formula is C11H22N2O3. The Hall–Kier alpha value is -1.10. The Morgan fingerprint density at radius 2 is 1.88 bits per heavy atom. The Morgan fingerprint density at radius 1 is 1.38 bits per heavy atom. The van der Waals surface area contributed by atoms with Crippen molar-refractivity contribution in [2.45, 2.75) is 52.6 Å². The topological polar surface area (TPSA) is 92.4 Å². The summed E-state index contributed by atoms with van der Waals surface area (Å²) in [6, 6.07) is -1.54. The summed E-state index contributed by atoms with van der Waals surface area (Å²) in [5.74, 6) is -1.43. The number of nitrogens with two attached hydrogens (primary N) is 1. The predicted molar refractivity (Wildman–Crippen MR) is 61.9 cm³/mol. The van der Waals surface area contributed by atoms with Gasteiger partial charge in [0, 0.05) is 0 Å². The van der Waals surface area contributed by atoms with E-state index in [1.54, 1.807) is 0 Å². The van der Waals surface area contributed by atoms with E-state index in [9.17, 15) is 9.59 Å². The molecule has 0 aromatic heterocycles. The molecule has 0 aliphatic heterocycles. The number of carbonyl (C=O) groups is 2. The highest BCUT2D eigenvalue weighted by atomic mass is 16.4. The number of carboxylic acids is 1. The van der Waals surface area contributed by atoms with Crippen LogP contribution in [0.25, 0.3) is 0 Å². The summed E-state index contributed by atoms with van der Waals surface area (Å²) in [4.78, 5) is 22.5. The Bertz CT molecular complexity index is 258. The maximum atomic E-state index is 11.7. The van der Waals surface area contributed by atoms with Crippen molar-refractivity contribution >= 4 is 11.9 Å². The van der Waals surface area contributed by atoms with Crippen molar-refractivity contribution in [3.63, 3.8) is 0 Å². The molecule has 0 radical (unpaired) electrons. The Labute approximate surface area is 96.4 Å². The molecule has 1 amide bonds. The highest BCUT2D eigenvalue weighted by Gasteiger charge is 2.30. The molecule has 0 fully saturated rings. The molecule has 4 N–H and O–H groups in total. The van der Waals surface area contributed by atoms with Gasteiger partial charge in [0.15, 0.2) is 0 Å². The molecule has 5 heteroatoms. The second-order valence-electron chi connectivity index (χ2n) is 5.03. The fourth-order valence-electron chi connectivity index (χ4n) is 1.20. The van der Waals surface area contributed by atoms with Crippen molar-refractivity contribution < 1.29 is 14.7 Å². The van der Waals surface area contributed by atoms with Gasteiger partial charge in [-0.05, 0) is 11.8 Å². The number of carbonyl (C=O) groups excluding carboxylic acids is 1. The first kappa shape index (κ1) is 14.9. The molecule has 0 aromatic carbocycles. The van der Waals surface area contributed by atoms with Gasteiger partial charge in [0.05, 0.1) is 6.04 Å². The average molecular weight is 230 g/mol. The van der Waals surface area contributed by atoms with Crippen LogP contribution in [-0.2, 0) is 9.59 Å². The van der Waals surface area contributed by atoms with Crippen LogP contribution >= 0.6 is 0 Å². The van der Waals surface area contributed by atoms with Gasteiger partial charge < -0.3 is 16.2 Å². The number of amides is 1. The maximum Gasteiger partial charge on any atom is 0.326 e. The fraction of sp³-hybridized carbons (Fsp3) is 0.818. The Kier molecular flexibility index (Phi) is 5.44. The molecule has 0 bridgehead atoms. The van der Waals surface area contributed by atoms with Gasteiger partial charge in [-0.15, -0.1) is 0 Å². The molecule has 2 atom stereocenters. The van der Waals surface area contributed by atoms with E-state index in [0.717, 1.165) is 0 Å². The summed E-state index contributed by atoms with van der Waals surface area (Å²) in [6.07, 6.45) is 1.11. The van der Waals surface area contributed by atoms with Crippen LogP contribution < -0.4 is 11.1 Å². The van der Waals surface area contributed by atoms with Crippen molar-refractivity contribution in [3.05, 3.63) is 0 Å². The zero-order valence-corrected chi connectivity index (χ0v) is 10.4. The van der Waals surface area contributed by atoms with Gasteiger partial charge in [0.2, 0.25) is 5.91 Å². The molecule has 0 rings (SSSR count). The largest absolute Gasteiger partial charge is 0.480 e. The summed E-state index contributed by atoms with van der Waals surface area (Å²) in [7, 11) is 0. The lowest BCUT2D eigenvalue weighted by Gasteiger charge is -2.27. The Balaban J connectivity index is 4.46. The van der Waals surface area contributed by atoms with Gasteiger partial charge in [-0.1, -0.05) is 34.1 Å². The lowest BCUT2D eigenvalue weighted by molar-refractivity contribution is -0.142. The highest BCUT2D eigenvalue weighted by molar-refractivity contribution is 5.87. The molecule has 0 saturated carbocycles. The number of rotatable bonds is 5. The van der Waals surface area contributed by atoms with Gasteiger partial charge in [0.1, 0.15) is 6.04 Å². The average Bonchev–Trinajstić information content (AvgIpc) is 2.14. The molecule has 0 heterocycles. The quantitative estimate of drug-likeness (QED) is 0.649. The van der Waals surface area contributed by atoms with Crippen molar-refractivity contribution in [3.8, 4) is 0 Å². The number of hydrogen-bond donors (Lipinski definition) is 3. The number of aliphatic carboxylic acids is 1. The summed E-state index contributed by atoms with van der Waals surface area (Å²) >= 11 is 0. The van der Waals surface area contributed by atoms with E-state index in [4.69, 9.17) is 10.8 Å². The van der Waals surface area contributed by atoms with Crippen molar-refractivity contribution in [1.29, 1.82) is 0 Å². The summed E-state index contributed by atoms with van der Waals surface area (Å²) < 4.78 is 0. The minimum atomic E-state index is -1.02. The van der Waals surface area contributed by atoms with E-state index in [0.29, 0.717) is 12.8 Å². The third-order valence-corrected chi connectivity index (χ3v) is 2.41. The lowest BCUT2D eigenvalue weighted by Crippen LogP contribution is -2.53. The SMILES string of the molecule is CCC[C@@H](NC(=O)[C@@H](N)C(C)(C)C)C(=O)O. The molecule has 0 aromatic rings. The van der Waals surface area contributed by atoms with Crippen molar-refractivity contribution in [2.24, 2.45) is 11.1 Å². The summed E-state index contributed by atoms with van der Waals surface area (Å²) in [6.45, 7) is 7.39. The van der Waals surface area contributed by atoms with E-state index in [2.05, 4.69) is 5.32 Å². The summed E-state index contributed by atoms with van der Waals surface area (Å²) in [5, 5.41) is 11.3. The second kappa shape index (κ2) is 5.84. The van der Waals surface area contributed by atoms with Gasteiger partial charge >= 0.3 is 5.97 Å². The van der Waals surface area contributed by atoms with Crippen LogP contribution in [0.2, 0.25) is 0 Å². The number of nitrogens with one attached hydrogen (secondary N) is 1. The lowest BCUT2D eigenvalue weighted by atomic mass is 9.87. The monoisotopic (exact) mass is 230 g/mol. The number of hydrogen-bond acceptors (Lipinski definition) is 3. The molecule has 0 aliphatic carbocycles. The van der Waals surface area contributed by atoms with E-state index >= 15 is 0 Å². The second-order valence-corrected chi connectivity index (χ2v) is 5.03. The van der Waals surface area contributed by atoms with Gasteiger partial charge in [-0.2, -0.15) is 0 Å². The molecule has 0 aliphatic rings. The van der Waals surface area contributed by atoms with Crippen molar-refractivity contribution in [2.75, 3.05) is 0 Å². The number of carboxylic acid groups (broad SMARTS) is 1. The molecule has 0 spiro atoms. The normalized spacial score (nSPS) is 15.3. The van der Waals surface area contributed by atoms with E-state index < -0.39 is 24.0 Å². The smallest absolute Gasteiger partial charge is 0.326 e. The molecule has 0 unspecified atom stereocenters. The minimum absolute atomic E-state index is 0.376. The highest BCUT2D eigenvalue weighted by Crippen LogP contribution is 2.17. The van der Waals surface area contributed by atoms with Crippen LogP contribution in [0.4, 0.5) is 0 Å². The molecule has 5 nitrogen and oxygen atoms in total. The van der Waals surface area contributed by atoms with E-state index in [-0.39, 0.29) is 5.41 Å². The van der Waals surface area contributed by atoms with Gasteiger partial charge in [-0.25, -0.2) is 4.79 Å². The van der Waals surface area contributed by atoms with Crippen LogP contribution in [0, 0.1) is 5.41 Å². The van der Waals surface area contributed by atoms with Crippen molar-refractivity contribution in [1.82, 2.24) is 5.32 Å². The maximum absolute atomic E-state index is 11.7. The first-order valence-electron chi connectivity index (χ1n) is 5.49. The van der Waals surface area contributed by atoms with Crippen LogP contribution in [0.15, 0.2) is 0 Å². The van der Waals surface area contributed by atoms with Crippen LogP contribution in [0.5, 0.6) is 0 Å². The van der Waals surface area contributed by atoms with Gasteiger partial charge in [-0.3, -0.25) is 4.79 Å². The van der Waals surface area contributed by atoms with E-state index in [1.807, 2.05) is 27.7 Å². The molecule has 16 heavy (non-hydrogen) atoms. The Morgan fingerprint density at radius 3 is 2.19 bits per heavy atom. The first-order valence-corrected chi connectivity index (χ1v) is 5.49.